The SMILES string of the molecule is CCc1ncncc1-c1nc2ccc(Cl)cc2n1C1CC1.CCc1ncncc1C(=O)Nc1ccc(Cl)cc1NC1CC1.CCc1ncncc1C(=O)O.ClCCl.Nc1ccc(Cl)cc1NC1CC1.O=CC(F)(F)F. The number of aromatic nitrogens is 8. The lowest BCUT2D eigenvalue weighted by Gasteiger charge is -2.14. The van der Waals surface area contributed by atoms with Crippen molar-refractivity contribution in [1.82, 2.24) is 39.5 Å². The Balaban J connectivity index is 0.000000181. The van der Waals surface area contributed by atoms with Gasteiger partial charge < -0.3 is 31.4 Å². The Kier molecular flexibility index (Phi) is 23.1. The molecule has 3 saturated carbocycles. The van der Waals surface area contributed by atoms with Gasteiger partial charge in [0.15, 0.2) is 0 Å². The first-order valence-electron chi connectivity index (χ1n) is 23.5. The van der Waals surface area contributed by atoms with Crippen LogP contribution in [0.4, 0.5) is 35.9 Å². The Bertz CT molecular complexity index is 3010. The Morgan fingerprint density at radius 1 is 0.707 bits per heavy atom. The number of hydrogen-bond acceptors (Lipinski definition) is 13. The Morgan fingerprint density at radius 2 is 1.19 bits per heavy atom. The number of carbonyl (C=O) groups excluding carboxylic acids is 2. The summed E-state index contributed by atoms with van der Waals surface area (Å²) < 4.78 is 33.6. The van der Waals surface area contributed by atoms with Crippen molar-refractivity contribution in [2.45, 2.75) is 103 Å². The molecule has 4 aromatic heterocycles. The van der Waals surface area contributed by atoms with Gasteiger partial charge in [0.25, 0.3) is 5.91 Å². The standard InChI is InChI=1S/C16H17ClN4O.C16H15ClN4.C9H11ClN2.C7H8N2O2.C2HF3O.CH2Cl2/c1-2-13-12(8-18-9-19-13)16(22)21-14-6-3-10(17)7-15(14)20-11-4-5-11;1-2-13-12(8-18-9-19-13)16-20-14-6-3-10(17)7-15(14)21(16)11-4-5-11;10-6-1-4-8(11)9(5-6)12-7-2-3-7;1-2-6-5(7(10)11)3-8-4-9-6;3-2(4,5)1-6;2-1-3/h3,6-9,11,20H,2,4-5H2,1H3,(H,21,22);3,6-9,11H,2,4-5H2,1H3;1,4-5,7,12H,2-3,11H2;3-4H,2H2,1H3,(H,10,11);1H;1H2. The highest BCUT2D eigenvalue weighted by molar-refractivity contribution is 6.40. The number of benzene rings is 3. The fraction of sp³-hybridized carbons (Fsp3) is 0.333. The summed E-state index contributed by atoms with van der Waals surface area (Å²) in [7, 11) is 0. The summed E-state index contributed by atoms with van der Waals surface area (Å²) in [6, 6.07) is 18.4. The quantitative estimate of drug-likeness (QED) is 0.0436. The molecule has 398 valence electrons. The largest absolute Gasteiger partial charge is 0.478 e. The number of rotatable bonds is 12. The zero-order valence-corrected chi connectivity index (χ0v) is 44.7. The van der Waals surface area contributed by atoms with E-state index in [1.165, 1.54) is 44.5 Å². The maximum Gasteiger partial charge on any atom is 0.446 e. The summed E-state index contributed by atoms with van der Waals surface area (Å²) >= 11 is 27.6. The minimum Gasteiger partial charge on any atom is -0.478 e. The lowest BCUT2D eigenvalue weighted by atomic mass is 10.1. The first-order chi connectivity index (χ1) is 35.9. The number of carboxylic acid groups (broad SMARTS) is 1. The van der Waals surface area contributed by atoms with Crippen molar-refractivity contribution in [3.8, 4) is 11.4 Å². The average Bonchev–Trinajstić information content (AvgIpc) is 4.30. The van der Waals surface area contributed by atoms with Gasteiger partial charge in [-0.3, -0.25) is 9.59 Å². The fourth-order valence-corrected chi connectivity index (χ4v) is 7.42. The van der Waals surface area contributed by atoms with E-state index in [2.05, 4.69) is 57.3 Å². The topological polar surface area (TPSA) is 229 Å². The normalized spacial score (nSPS) is 13.3. The van der Waals surface area contributed by atoms with Gasteiger partial charge in [-0.25, -0.2) is 39.7 Å². The van der Waals surface area contributed by atoms with E-state index in [4.69, 9.17) is 78.6 Å². The van der Waals surface area contributed by atoms with E-state index < -0.39 is 18.4 Å². The molecule has 3 fully saturated rings. The number of aldehydes is 1. The fourth-order valence-electron chi connectivity index (χ4n) is 6.91. The molecule has 16 nitrogen and oxygen atoms in total. The molecule has 0 aliphatic heterocycles. The molecule has 6 N–H and O–H groups in total. The Labute approximate surface area is 456 Å². The number of hydrogen-bond donors (Lipinski definition) is 5. The molecule has 10 rings (SSSR count). The van der Waals surface area contributed by atoms with Gasteiger partial charge in [0.05, 0.1) is 72.9 Å². The summed E-state index contributed by atoms with van der Waals surface area (Å²) in [5.41, 5.74) is 15.2. The van der Waals surface area contributed by atoms with Crippen LogP contribution in [0.15, 0.2) is 92.2 Å². The number of nitrogens with zero attached hydrogens (tertiary/aromatic N) is 8. The molecule has 0 radical (unpaired) electrons. The number of aromatic carboxylic acids is 1. The third-order valence-corrected chi connectivity index (χ3v) is 11.6. The number of imidazole rings is 1. The number of nitrogen functional groups attached to an aromatic ring is 1. The van der Waals surface area contributed by atoms with Crippen molar-refractivity contribution in [2.75, 3.05) is 27.0 Å². The predicted molar refractivity (Wildman–Crippen MR) is 290 cm³/mol. The molecule has 3 aliphatic carbocycles. The highest BCUT2D eigenvalue weighted by Gasteiger charge is 2.30. The Morgan fingerprint density at radius 3 is 1.71 bits per heavy atom. The molecule has 75 heavy (non-hydrogen) atoms. The van der Waals surface area contributed by atoms with Gasteiger partial charge in [-0.1, -0.05) is 55.6 Å². The average molecular weight is 1130 g/mol. The highest BCUT2D eigenvalue weighted by Crippen LogP contribution is 2.42. The van der Waals surface area contributed by atoms with E-state index in [1.54, 1.807) is 30.7 Å². The van der Waals surface area contributed by atoms with Crippen LogP contribution in [-0.4, -0.2) is 86.3 Å². The lowest BCUT2D eigenvalue weighted by Crippen LogP contribution is -2.17. The minimum absolute atomic E-state index is 0.190. The number of alkyl halides is 5. The monoisotopic (exact) mass is 1130 g/mol. The van der Waals surface area contributed by atoms with Gasteiger partial charge in [0.1, 0.15) is 24.8 Å². The number of nitrogens with one attached hydrogen (secondary N) is 3. The van der Waals surface area contributed by atoms with E-state index in [1.807, 2.05) is 56.4 Å². The zero-order chi connectivity index (χ0) is 54.7. The number of aryl methyl sites for hydroxylation is 3. The van der Waals surface area contributed by atoms with Crippen LogP contribution in [0, 0.1) is 0 Å². The first kappa shape index (κ1) is 59.5. The van der Waals surface area contributed by atoms with E-state index in [0.29, 0.717) is 52.9 Å². The molecule has 24 heteroatoms. The molecule has 0 unspecified atom stereocenters. The van der Waals surface area contributed by atoms with Crippen molar-refractivity contribution < 1.29 is 32.7 Å². The Hall–Kier alpha value is -6.38. The van der Waals surface area contributed by atoms with Crippen molar-refractivity contribution in [1.29, 1.82) is 0 Å². The number of nitrogens with two attached hydrogens (primary N) is 1. The maximum atomic E-state index is 12.5. The van der Waals surface area contributed by atoms with E-state index in [-0.39, 0.29) is 16.8 Å². The van der Waals surface area contributed by atoms with E-state index in [0.717, 1.165) is 80.2 Å². The predicted octanol–water partition coefficient (Wildman–Crippen LogP) is 13.0. The maximum absolute atomic E-state index is 12.5. The molecule has 7 aromatic rings. The van der Waals surface area contributed by atoms with Gasteiger partial charge in [-0.2, -0.15) is 13.2 Å². The number of anilines is 4. The molecular formula is C51H54Cl5F3N12O4. The lowest BCUT2D eigenvalue weighted by molar-refractivity contribution is -0.156. The molecule has 0 bridgehead atoms. The van der Waals surface area contributed by atoms with Gasteiger partial charge in [0.2, 0.25) is 6.29 Å². The van der Waals surface area contributed by atoms with Crippen LogP contribution in [0.25, 0.3) is 22.4 Å². The van der Waals surface area contributed by atoms with Crippen LogP contribution in [0.1, 0.15) is 103 Å². The van der Waals surface area contributed by atoms with Gasteiger partial charge in [-0.15, -0.1) is 23.2 Å². The van der Waals surface area contributed by atoms with Gasteiger partial charge in [-0.05, 0) is 112 Å². The molecule has 0 spiro atoms. The smallest absolute Gasteiger partial charge is 0.446 e. The molecule has 3 aromatic carbocycles. The van der Waals surface area contributed by atoms with Crippen LogP contribution in [0.5, 0.6) is 0 Å². The van der Waals surface area contributed by atoms with Crippen LogP contribution in [-0.2, 0) is 24.1 Å². The summed E-state index contributed by atoms with van der Waals surface area (Å²) in [4.78, 5) is 60.6. The number of fused-ring (bicyclic) bond motifs is 1. The van der Waals surface area contributed by atoms with E-state index in [9.17, 15) is 22.8 Å². The van der Waals surface area contributed by atoms with Gasteiger partial charge in [0, 0.05) is 51.8 Å². The molecule has 4 heterocycles. The second-order valence-electron chi connectivity index (χ2n) is 16.7. The summed E-state index contributed by atoms with van der Waals surface area (Å²) in [5.74, 6) is -0.215. The third kappa shape index (κ3) is 19.1. The first-order valence-corrected chi connectivity index (χ1v) is 25.8. The van der Waals surface area contributed by atoms with Crippen LogP contribution in [0.2, 0.25) is 15.1 Å². The molecule has 3 aliphatic rings. The summed E-state index contributed by atoms with van der Waals surface area (Å²) in [6.07, 6.45) is 12.8. The van der Waals surface area contributed by atoms with Crippen LogP contribution in [0.3, 0.4) is 0 Å². The summed E-state index contributed by atoms with van der Waals surface area (Å²) in [5, 5.41) is 20.5. The molecule has 0 atom stereocenters. The van der Waals surface area contributed by atoms with Gasteiger partial charge >= 0.3 is 12.1 Å². The van der Waals surface area contributed by atoms with Crippen molar-refractivity contribution in [3.63, 3.8) is 0 Å². The molecular weight excluding hydrogens is 1080 g/mol. The number of amides is 1. The van der Waals surface area contributed by atoms with E-state index >= 15 is 0 Å². The molecule has 1 amide bonds. The minimum atomic E-state index is -4.64. The second kappa shape index (κ2) is 29.1. The third-order valence-electron chi connectivity index (χ3n) is 10.9. The van der Waals surface area contributed by atoms with Crippen LogP contribution < -0.4 is 21.7 Å². The zero-order valence-electron chi connectivity index (χ0n) is 40.9. The van der Waals surface area contributed by atoms with Crippen molar-refractivity contribution in [2.24, 2.45) is 0 Å². The summed E-state index contributed by atoms with van der Waals surface area (Å²) in [6.45, 7) is 5.92. The van der Waals surface area contributed by atoms with Crippen LogP contribution >= 0.6 is 58.0 Å². The highest BCUT2D eigenvalue weighted by atomic mass is 35.5. The second-order valence-corrected chi connectivity index (χ2v) is 18.8. The van der Waals surface area contributed by atoms with Crippen molar-refractivity contribution in [3.05, 3.63) is 135 Å². The number of carboxylic acids is 1. The number of halogens is 8. The number of carbonyl (C=O) groups is 3. The molecule has 0 saturated heterocycles. The van der Waals surface area contributed by atoms with Crippen molar-refractivity contribution >= 4 is 110 Å².